The maximum absolute atomic E-state index is 15.4. The summed E-state index contributed by atoms with van der Waals surface area (Å²) >= 11 is 0. The van der Waals surface area contributed by atoms with Crippen molar-refractivity contribution in [1.29, 1.82) is 5.26 Å². The van der Waals surface area contributed by atoms with Crippen molar-refractivity contribution in [3.8, 4) is 6.07 Å². The molecule has 1 aliphatic heterocycles. The van der Waals surface area contributed by atoms with Crippen LogP contribution in [0.15, 0.2) is 47.5 Å². The molecule has 2 unspecified atom stereocenters. The Kier molecular flexibility index (Phi) is 6.23. The number of hydrogen-bond acceptors (Lipinski definition) is 4. The summed E-state index contributed by atoms with van der Waals surface area (Å²) in [5, 5.41) is 9.52. The summed E-state index contributed by atoms with van der Waals surface area (Å²) in [5.74, 6) is -1.11. The van der Waals surface area contributed by atoms with Gasteiger partial charge in [-0.1, -0.05) is 0 Å². The van der Waals surface area contributed by atoms with Crippen LogP contribution in [0.5, 0.6) is 0 Å². The molecular weight excluding hydrogens is 398 g/mol. The lowest BCUT2D eigenvalue weighted by Crippen LogP contribution is -2.46. The lowest BCUT2D eigenvalue weighted by Gasteiger charge is -2.37. The number of hydrogen-bond donors (Lipinski definition) is 1. The van der Waals surface area contributed by atoms with E-state index in [0.717, 1.165) is 6.07 Å². The molecule has 1 fully saturated rings. The number of nitrogens with one attached hydrogen (secondary N) is 1. The second-order valence-corrected chi connectivity index (χ2v) is 8.76. The van der Waals surface area contributed by atoms with E-state index in [1.807, 2.05) is 6.07 Å². The van der Waals surface area contributed by atoms with Crippen LogP contribution in [0.3, 0.4) is 0 Å². The summed E-state index contributed by atoms with van der Waals surface area (Å²) in [6.07, 6.45) is 1.95. The van der Waals surface area contributed by atoms with Gasteiger partial charge in [0.05, 0.1) is 34.3 Å². The van der Waals surface area contributed by atoms with E-state index in [-0.39, 0.29) is 6.03 Å². The molecular formula is C20H20F2N4O2S. The van der Waals surface area contributed by atoms with E-state index < -0.39 is 27.7 Å². The number of anilines is 1. The minimum absolute atomic E-state index is 0.315. The molecule has 29 heavy (non-hydrogen) atoms. The Labute approximate surface area is 170 Å². The van der Waals surface area contributed by atoms with Gasteiger partial charge in [0.15, 0.2) is 5.00 Å². The third-order valence-corrected chi connectivity index (χ3v) is 6.81. The standard InChI is InChI=1S/C20H20F2N4O2S/c1-20(22,29(28)17-5-2-14(12-23)3-6-17)15-8-10-26(11-9-15)19(27)25-16-4-7-18(21)24-13-16/h2-7,13,15H,8-11H2,1H3,(H,25,27). The van der Waals surface area contributed by atoms with Gasteiger partial charge in [-0.15, -0.1) is 0 Å². The highest BCUT2D eigenvalue weighted by atomic mass is 32.2. The molecule has 3 rings (SSSR count). The lowest BCUT2D eigenvalue weighted by atomic mass is 9.92. The monoisotopic (exact) mass is 418 g/mol. The molecule has 152 valence electrons. The molecule has 2 atom stereocenters. The average Bonchev–Trinajstić information content (AvgIpc) is 2.75. The fourth-order valence-electron chi connectivity index (χ4n) is 3.29. The zero-order valence-electron chi connectivity index (χ0n) is 15.8. The molecule has 1 aromatic carbocycles. The average molecular weight is 418 g/mol. The van der Waals surface area contributed by atoms with Gasteiger partial charge < -0.3 is 10.2 Å². The number of benzene rings is 1. The number of aromatic nitrogens is 1. The van der Waals surface area contributed by atoms with Crippen molar-refractivity contribution in [2.45, 2.75) is 29.7 Å². The quantitative estimate of drug-likeness (QED) is 0.765. The number of likely N-dealkylation sites (tertiary alicyclic amines) is 1. The van der Waals surface area contributed by atoms with Crippen LogP contribution in [0.4, 0.5) is 19.3 Å². The minimum atomic E-state index is -1.96. The first-order valence-corrected chi connectivity index (χ1v) is 10.2. The van der Waals surface area contributed by atoms with Crippen molar-refractivity contribution < 1.29 is 17.8 Å². The van der Waals surface area contributed by atoms with Crippen LogP contribution in [0.2, 0.25) is 0 Å². The van der Waals surface area contributed by atoms with Crippen molar-refractivity contribution in [3.63, 3.8) is 0 Å². The van der Waals surface area contributed by atoms with Crippen LogP contribution in [0.1, 0.15) is 25.3 Å². The topological polar surface area (TPSA) is 86.1 Å². The molecule has 6 nitrogen and oxygen atoms in total. The van der Waals surface area contributed by atoms with E-state index in [4.69, 9.17) is 5.26 Å². The molecule has 9 heteroatoms. The summed E-state index contributed by atoms with van der Waals surface area (Å²) in [4.78, 5) is 17.7. The summed E-state index contributed by atoms with van der Waals surface area (Å²) in [5.41, 5.74) is 0.790. The Balaban J connectivity index is 1.59. The molecule has 0 aliphatic carbocycles. The Morgan fingerprint density at radius 1 is 1.28 bits per heavy atom. The summed E-state index contributed by atoms with van der Waals surface area (Å²) < 4.78 is 41.0. The number of urea groups is 1. The maximum atomic E-state index is 15.4. The van der Waals surface area contributed by atoms with Crippen LogP contribution in [-0.4, -0.2) is 38.2 Å². The van der Waals surface area contributed by atoms with Crippen LogP contribution >= 0.6 is 0 Å². The van der Waals surface area contributed by atoms with E-state index in [9.17, 15) is 13.4 Å². The minimum Gasteiger partial charge on any atom is -0.325 e. The second kappa shape index (κ2) is 8.66. The van der Waals surface area contributed by atoms with Gasteiger partial charge in [0, 0.05) is 23.9 Å². The normalized spacial score (nSPS) is 17.8. The predicted molar refractivity (Wildman–Crippen MR) is 105 cm³/mol. The number of pyridine rings is 1. The Bertz CT molecular complexity index is 934. The molecule has 1 aliphatic rings. The fourth-order valence-corrected chi connectivity index (χ4v) is 4.67. The molecule has 0 bridgehead atoms. The zero-order chi connectivity index (χ0) is 21.0. The van der Waals surface area contributed by atoms with Gasteiger partial charge in [-0.05, 0) is 56.2 Å². The molecule has 2 amide bonds. The van der Waals surface area contributed by atoms with E-state index in [0.29, 0.717) is 42.1 Å². The highest BCUT2D eigenvalue weighted by molar-refractivity contribution is 7.86. The van der Waals surface area contributed by atoms with Crippen molar-refractivity contribution in [2.75, 3.05) is 18.4 Å². The number of amides is 2. The first-order valence-electron chi connectivity index (χ1n) is 9.09. The number of nitriles is 1. The molecule has 0 saturated carbocycles. The van der Waals surface area contributed by atoms with Gasteiger partial charge in [-0.3, -0.25) is 4.21 Å². The fraction of sp³-hybridized carbons (Fsp3) is 0.350. The van der Waals surface area contributed by atoms with Crippen LogP contribution in [0.25, 0.3) is 0 Å². The lowest BCUT2D eigenvalue weighted by molar-refractivity contribution is 0.121. The summed E-state index contributed by atoms with van der Waals surface area (Å²) in [6, 6.07) is 10.2. The highest BCUT2D eigenvalue weighted by Crippen LogP contribution is 2.37. The maximum Gasteiger partial charge on any atom is 0.321 e. The van der Waals surface area contributed by atoms with Crippen molar-refractivity contribution in [2.24, 2.45) is 5.92 Å². The van der Waals surface area contributed by atoms with Gasteiger partial charge >= 0.3 is 6.03 Å². The zero-order valence-corrected chi connectivity index (χ0v) is 16.6. The molecule has 1 N–H and O–H groups in total. The van der Waals surface area contributed by atoms with Gasteiger partial charge in [0.2, 0.25) is 5.95 Å². The third kappa shape index (κ3) is 4.77. The molecule has 0 spiro atoms. The van der Waals surface area contributed by atoms with Crippen molar-refractivity contribution in [3.05, 3.63) is 54.1 Å². The van der Waals surface area contributed by atoms with Crippen LogP contribution < -0.4 is 5.32 Å². The summed E-state index contributed by atoms with van der Waals surface area (Å²) in [6.45, 7) is 1.95. The van der Waals surface area contributed by atoms with E-state index >= 15 is 4.39 Å². The van der Waals surface area contributed by atoms with Crippen molar-refractivity contribution in [1.82, 2.24) is 9.88 Å². The van der Waals surface area contributed by atoms with Crippen LogP contribution in [0, 0.1) is 23.2 Å². The number of halogens is 2. The van der Waals surface area contributed by atoms with Crippen LogP contribution in [-0.2, 0) is 10.8 Å². The van der Waals surface area contributed by atoms with E-state index in [2.05, 4.69) is 10.3 Å². The third-order valence-electron chi connectivity index (χ3n) is 5.05. The smallest absolute Gasteiger partial charge is 0.321 e. The first-order chi connectivity index (χ1) is 13.8. The molecule has 0 radical (unpaired) electrons. The molecule has 2 aromatic rings. The molecule has 2 heterocycles. The Hall–Kier alpha value is -2.86. The first kappa shape index (κ1) is 20.9. The second-order valence-electron chi connectivity index (χ2n) is 6.95. The van der Waals surface area contributed by atoms with Gasteiger partial charge in [-0.2, -0.15) is 9.65 Å². The Morgan fingerprint density at radius 2 is 1.93 bits per heavy atom. The highest BCUT2D eigenvalue weighted by Gasteiger charge is 2.43. The number of carbonyl (C=O) groups is 1. The van der Waals surface area contributed by atoms with E-state index in [1.165, 1.54) is 43.5 Å². The largest absolute Gasteiger partial charge is 0.325 e. The molecule has 1 aromatic heterocycles. The van der Waals surface area contributed by atoms with Crippen molar-refractivity contribution >= 4 is 22.5 Å². The Morgan fingerprint density at radius 3 is 2.48 bits per heavy atom. The number of piperidine rings is 1. The summed E-state index contributed by atoms with van der Waals surface area (Å²) in [7, 11) is -1.90. The van der Waals surface area contributed by atoms with E-state index in [1.54, 1.807) is 4.90 Å². The van der Waals surface area contributed by atoms with Gasteiger partial charge in [-0.25, -0.2) is 14.2 Å². The predicted octanol–water partition coefficient (Wildman–Crippen LogP) is 3.83. The number of carbonyl (C=O) groups excluding carboxylic acids is 1. The van der Waals surface area contributed by atoms with Gasteiger partial charge in [0.1, 0.15) is 0 Å². The number of alkyl halides is 1. The number of rotatable bonds is 4. The SMILES string of the molecule is CC(F)(C1CCN(C(=O)Nc2ccc(F)nc2)CC1)S(=O)c1ccc(C#N)cc1. The molecule has 1 saturated heterocycles. The van der Waals surface area contributed by atoms with Gasteiger partial charge in [0.25, 0.3) is 0 Å². The number of nitrogens with zero attached hydrogens (tertiary/aromatic N) is 3.